The monoisotopic (exact) mass is 239 g/mol. The van der Waals surface area contributed by atoms with E-state index in [1.807, 2.05) is 4.90 Å². The summed E-state index contributed by atoms with van der Waals surface area (Å²) in [6, 6.07) is -0.180. The lowest BCUT2D eigenvalue weighted by molar-refractivity contribution is -0.138. The second-order valence-corrected chi connectivity index (χ2v) is 3.87. The normalized spacial score (nSPS) is 17.0. The number of carbonyl (C=O) groups is 2. The molecule has 0 unspecified atom stereocenters. The molecular weight excluding hydrogens is 222 g/mol. The number of terminal acetylenes is 1. The summed E-state index contributed by atoms with van der Waals surface area (Å²) in [5.74, 6) is 1.50. The third-order valence-electron chi connectivity index (χ3n) is 2.58. The van der Waals surface area contributed by atoms with Gasteiger partial charge in [-0.2, -0.15) is 0 Å². The summed E-state index contributed by atoms with van der Waals surface area (Å²) in [6.45, 7) is 2.69. The Kier molecular flexibility index (Phi) is 5.30. The summed E-state index contributed by atoms with van der Waals surface area (Å²) < 4.78 is 0. The number of carbonyl (C=O) groups excluding carboxylic acids is 1. The molecule has 0 spiro atoms. The van der Waals surface area contributed by atoms with E-state index in [-0.39, 0.29) is 19.1 Å². The number of rotatable bonds is 3. The van der Waals surface area contributed by atoms with Crippen LogP contribution in [0.25, 0.3) is 0 Å². The number of nitrogens with zero attached hydrogens (tertiary/aromatic N) is 2. The Morgan fingerprint density at radius 1 is 1.29 bits per heavy atom. The number of carboxylic acid groups (broad SMARTS) is 1. The second kappa shape index (κ2) is 6.76. The fourth-order valence-corrected chi connectivity index (χ4v) is 1.76. The zero-order valence-electron chi connectivity index (χ0n) is 9.69. The average molecular weight is 239 g/mol. The van der Waals surface area contributed by atoms with Gasteiger partial charge in [-0.1, -0.05) is 5.92 Å². The molecule has 0 bridgehead atoms. The molecule has 0 aromatic carbocycles. The van der Waals surface area contributed by atoms with Crippen LogP contribution in [0.1, 0.15) is 6.42 Å². The Bertz CT molecular complexity index is 324. The third kappa shape index (κ3) is 4.74. The van der Waals surface area contributed by atoms with Crippen molar-refractivity contribution >= 4 is 12.0 Å². The number of amides is 2. The Balaban J connectivity index is 2.39. The van der Waals surface area contributed by atoms with Crippen LogP contribution in [0.2, 0.25) is 0 Å². The van der Waals surface area contributed by atoms with Crippen LogP contribution in [0, 0.1) is 12.3 Å². The first-order chi connectivity index (χ1) is 8.13. The predicted molar refractivity (Wildman–Crippen MR) is 62.5 cm³/mol. The highest BCUT2D eigenvalue weighted by atomic mass is 16.4. The number of aliphatic carboxylic acids is 1. The molecule has 1 rings (SSSR count). The largest absolute Gasteiger partial charge is 0.480 e. The van der Waals surface area contributed by atoms with Crippen molar-refractivity contribution in [2.24, 2.45) is 0 Å². The van der Waals surface area contributed by atoms with Crippen LogP contribution in [-0.4, -0.2) is 66.2 Å². The maximum atomic E-state index is 11.6. The van der Waals surface area contributed by atoms with Crippen molar-refractivity contribution in [3.8, 4) is 12.3 Å². The Morgan fingerprint density at radius 2 is 2.06 bits per heavy atom. The maximum absolute atomic E-state index is 11.6. The average Bonchev–Trinajstić information content (AvgIpc) is 2.51. The van der Waals surface area contributed by atoms with E-state index in [1.165, 1.54) is 0 Å². The number of urea groups is 1. The van der Waals surface area contributed by atoms with Gasteiger partial charge in [-0.05, 0) is 6.42 Å². The zero-order valence-corrected chi connectivity index (χ0v) is 9.69. The van der Waals surface area contributed by atoms with Crippen molar-refractivity contribution in [2.75, 3.05) is 39.3 Å². The zero-order chi connectivity index (χ0) is 12.7. The van der Waals surface area contributed by atoms with E-state index in [9.17, 15) is 9.59 Å². The summed E-state index contributed by atoms with van der Waals surface area (Å²) in [7, 11) is 0. The topological polar surface area (TPSA) is 72.9 Å². The molecule has 6 nitrogen and oxygen atoms in total. The standard InChI is InChI=1S/C11H17N3O3/c1-2-4-12-11(17)14-6-3-5-13(7-8-14)9-10(15)16/h1H,3-9H2,(H,12,17)(H,15,16). The minimum absolute atomic E-state index is 0.0276. The van der Waals surface area contributed by atoms with Crippen molar-refractivity contribution in [1.82, 2.24) is 15.1 Å². The van der Waals surface area contributed by atoms with Crippen LogP contribution in [0.4, 0.5) is 4.79 Å². The lowest BCUT2D eigenvalue weighted by Gasteiger charge is -2.20. The lowest BCUT2D eigenvalue weighted by Crippen LogP contribution is -2.42. The maximum Gasteiger partial charge on any atom is 0.318 e. The van der Waals surface area contributed by atoms with Crippen molar-refractivity contribution in [3.05, 3.63) is 0 Å². The summed E-state index contributed by atoms with van der Waals surface area (Å²) in [6.07, 6.45) is 5.83. The quantitative estimate of drug-likeness (QED) is 0.646. The van der Waals surface area contributed by atoms with Gasteiger partial charge in [-0.25, -0.2) is 4.79 Å². The molecule has 0 radical (unpaired) electrons. The summed E-state index contributed by atoms with van der Waals surface area (Å²) in [4.78, 5) is 25.7. The van der Waals surface area contributed by atoms with E-state index < -0.39 is 5.97 Å². The first kappa shape index (κ1) is 13.3. The predicted octanol–water partition coefficient (Wildman–Crippen LogP) is -0.578. The van der Waals surface area contributed by atoms with Crippen molar-refractivity contribution in [3.63, 3.8) is 0 Å². The molecule has 1 heterocycles. The van der Waals surface area contributed by atoms with Gasteiger partial charge in [0, 0.05) is 26.2 Å². The van der Waals surface area contributed by atoms with Crippen molar-refractivity contribution in [2.45, 2.75) is 6.42 Å². The minimum Gasteiger partial charge on any atom is -0.480 e. The smallest absolute Gasteiger partial charge is 0.318 e. The molecule has 1 aliphatic rings. The summed E-state index contributed by atoms with van der Waals surface area (Å²) >= 11 is 0. The van der Waals surface area contributed by atoms with Crippen LogP contribution in [0.15, 0.2) is 0 Å². The highest BCUT2D eigenvalue weighted by Gasteiger charge is 2.19. The molecule has 0 aromatic rings. The SMILES string of the molecule is C#CCNC(=O)N1CCCN(CC(=O)O)CC1. The van der Waals surface area contributed by atoms with Crippen LogP contribution in [0.3, 0.4) is 0 Å². The summed E-state index contributed by atoms with van der Waals surface area (Å²) in [5.41, 5.74) is 0. The highest BCUT2D eigenvalue weighted by Crippen LogP contribution is 2.02. The van der Waals surface area contributed by atoms with Crippen LogP contribution in [-0.2, 0) is 4.79 Å². The van der Waals surface area contributed by atoms with Gasteiger partial charge in [-0.15, -0.1) is 6.42 Å². The van der Waals surface area contributed by atoms with Gasteiger partial charge in [0.05, 0.1) is 13.1 Å². The van der Waals surface area contributed by atoms with Gasteiger partial charge in [-0.3, -0.25) is 9.69 Å². The fraction of sp³-hybridized carbons (Fsp3) is 0.636. The Hall–Kier alpha value is -1.74. The number of hydrogen-bond donors (Lipinski definition) is 2. The molecule has 0 saturated carbocycles. The molecule has 0 atom stereocenters. The number of nitrogens with one attached hydrogen (secondary N) is 1. The third-order valence-corrected chi connectivity index (χ3v) is 2.58. The molecule has 1 fully saturated rings. The molecule has 1 aliphatic heterocycles. The molecule has 1 saturated heterocycles. The first-order valence-corrected chi connectivity index (χ1v) is 5.54. The minimum atomic E-state index is -0.838. The Morgan fingerprint density at radius 3 is 2.71 bits per heavy atom. The fourth-order valence-electron chi connectivity index (χ4n) is 1.76. The lowest BCUT2D eigenvalue weighted by atomic mass is 10.4. The molecule has 94 valence electrons. The van der Waals surface area contributed by atoms with E-state index >= 15 is 0 Å². The van der Waals surface area contributed by atoms with Gasteiger partial charge < -0.3 is 15.3 Å². The van der Waals surface area contributed by atoms with E-state index in [1.54, 1.807) is 4.90 Å². The highest BCUT2D eigenvalue weighted by molar-refractivity contribution is 5.74. The van der Waals surface area contributed by atoms with E-state index in [0.29, 0.717) is 26.2 Å². The van der Waals surface area contributed by atoms with E-state index in [2.05, 4.69) is 11.2 Å². The van der Waals surface area contributed by atoms with Crippen LogP contribution >= 0.6 is 0 Å². The Labute approximate surface area is 101 Å². The molecule has 2 amide bonds. The van der Waals surface area contributed by atoms with Crippen LogP contribution < -0.4 is 5.32 Å². The number of hydrogen-bond acceptors (Lipinski definition) is 3. The molecular formula is C11H17N3O3. The molecule has 0 aromatic heterocycles. The van der Waals surface area contributed by atoms with Gasteiger partial charge in [0.25, 0.3) is 0 Å². The van der Waals surface area contributed by atoms with Gasteiger partial charge in [0.1, 0.15) is 0 Å². The second-order valence-electron chi connectivity index (χ2n) is 3.87. The van der Waals surface area contributed by atoms with Gasteiger partial charge in [0.15, 0.2) is 0 Å². The molecule has 17 heavy (non-hydrogen) atoms. The van der Waals surface area contributed by atoms with E-state index in [0.717, 1.165) is 6.42 Å². The van der Waals surface area contributed by atoms with Crippen molar-refractivity contribution < 1.29 is 14.7 Å². The van der Waals surface area contributed by atoms with Crippen molar-refractivity contribution in [1.29, 1.82) is 0 Å². The number of carboxylic acids is 1. The van der Waals surface area contributed by atoms with E-state index in [4.69, 9.17) is 11.5 Å². The molecule has 2 N–H and O–H groups in total. The molecule has 6 heteroatoms. The summed E-state index contributed by atoms with van der Waals surface area (Å²) in [5, 5.41) is 11.3. The molecule has 0 aliphatic carbocycles. The van der Waals surface area contributed by atoms with Gasteiger partial charge >= 0.3 is 12.0 Å². The van der Waals surface area contributed by atoms with Crippen LogP contribution in [0.5, 0.6) is 0 Å². The van der Waals surface area contributed by atoms with Gasteiger partial charge in [0.2, 0.25) is 0 Å². The first-order valence-electron chi connectivity index (χ1n) is 5.54.